The maximum atomic E-state index is 6.09. The van der Waals surface area contributed by atoms with Crippen LogP contribution in [0, 0.1) is 20.8 Å². The molecule has 3 nitrogen and oxygen atoms in total. The van der Waals surface area contributed by atoms with Crippen molar-refractivity contribution < 1.29 is 0 Å². The van der Waals surface area contributed by atoms with Gasteiger partial charge in [-0.2, -0.15) is 0 Å². The SMILES string of the molecule is Cc1cc(C)c(C(CN)N(C)CCN2CCCC2)cc1C. The quantitative estimate of drug-likeness (QED) is 0.874. The third kappa shape index (κ3) is 4.06. The number of aryl methyl sites for hydroxylation is 3. The number of rotatable bonds is 6. The van der Waals surface area contributed by atoms with E-state index in [4.69, 9.17) is 5.73 Å². The Morgan fingerprint density at radius 2 is 1.71 bits per heavy atom. The molecular formula is C18H31N3. The van der Waals surface area contributed by atoms with Gasteiger partial charge < -0.3 is 10.6 Å². The lowest BCUT2D eigenvalue weighted by atomic mass is 9.95. The molecule has 1 saturated heterocycles. The molecule has 1 aromatic rings. The zero-order chi connectivity index (χ0) is 15.4. The molecular weight excluding hydrogens is 258 g/mol. The highest BCUT2D eigenvalue weighted by Crippen LogP contribution is 2.25. The molecule has 118 valence electrons. The zero-order valence-corrected chi connectivity index (χ0v) is 14.2. The fraction of sp³-hybridized carbons (Fsp3) is 0.667. The Kier molecular flexibility index (Phi) is 5.80. The number of hydrogen-bond donors (Lipinski definition) is 1. The lowest BCUT2D eigenvalue weighted by Crippen LogP contribution is -2.37. The Hall–Kier alpha value is -0.900. The molecule has 0 saturated carbocycles. The molecule has 1 aromatic carbocycles. The molecule has 1 unspecified atom stereocenters. The number of nitrogens with two attached hydrogens (primary N) is 1. The standard InChI is InChI=1S/C18H31N3/c1-14-11-16(3)17(12-15(14)2)18(13-19)20(4)9-10-21-7-5-6-8-21/h11-12,18H,5-10,13,19H2,1-4H3. The highest BCUT2D eigenvalue weighted by molar-refractivity contribution is 5.38. The first-order valence-corrected chi connectivity index (χ1v) is 8.23. The molecule has 1 fully saturated rings. The summed E-state index contributed by atoms with van der Waals surface area (Å²) in [6, 6.07) is 4.95. The van der Waals surface area contributed by atoms with E-state index in [9.17, 15) is 0 Å². The van der Waals surface area contributed by atoms with Crippen LogP contribution < -0.4 is 5.73 Å². The van der Waals surface area contributed by atoms with Gasteiger partial charge in [-0.3, -0.25) is 4.90 Å². The van der Waals surface area contributed by atoms with Gasteiger partial charge in [-0.25, -0.2) is 0 Å². The van der Waals surface area contributed by atoms with Crippen LogP contribution in [-0.4, -0.2) is 49.6 Å². The van der Waals surface area contributed by atoms with Crippen molar-refractivity contribution in [3.05, 3.63) is 34.4 Å². The van der Waals surface area contributed by atoms with E-state index in [0.717, 1.165) is 13.1 Å². The van der Waals surface area contributed by atoms with Crippen LogP contribution in [0.25, 0.3) is 0 Å². The molecule has 1 heterocycles. The molecule has 0 amide bonds. The normalized spacial score (nSPS) is 17.6. The average Bonchev–Trinajstić information content (AvgIpc) is 2.96. The minimum atomic E-state index is 0.326. The molecule has 2 rings (SSSR count). The summed E-state index contributed by atoms with van der Waals surface area (Å²) in [6.45, 7) is 12.0. The summed E-state index contributed by atoms with van der Waals surface area (Å²) in [5.74, 6) is 0. The number of likely N-dealkylation sites (N-methyl/N-ethyl adjacent to an activating group) is 1. The van der Waals surface area contributed by atoms with E-state index >= 15 is 0 Å². The van der Waals surface area contributed by atoms with Gasteiger partial charge in [-0.05, 0) is 76.0 Å². The Labute approximate surface area is 130 Å². The molecule has 1 atom stereocenters. The lowest BCUT2D eigenvalue weighted by molar-refractivity contribution is 0.209. The van der Waals surface area contributed by atoms with Gasteiger partial charge >= 0.3 is 0 Å². The summed E-state index contributed by atoms with van der Waals surface area (Å²) in [5.41, 5.74) is 11.6. The van der Waals surface area contributed by atoms with Crippen LogP contribution in [0.15, 0.2) is 12.1 Å². The summed E-state index contributed by atoms with van der Waals surface area (Å²) < 4.78 is 0. The molecule has 1 aliphatic rings. The Bertz CT molecular complexity index is 464. The predicted octanol–water partition coefficient (Wildman–Crippen LogP) is 2.64. The van der Waals surface area contributed by atoms with Crippen LogP contribution in [0.1, 0.15) is 41.1 Å². The maximum Gasteiger partial charge on any atom is 0.0470 e. The summed E-state index contributed by atoms with van der Waals surface area (Å²) in [5, 5.41) is 0. The smallest absolute Gasteiger partial charge is 0.0470 e. The van der Waals surface area contributed by atoms with Crippen LogP contribution in [-0.2, 0) is 0 Å². The van der Waals surface area contributed by atoms with Crippen LogP contribution >= 0.6 is 0 Å². The molecule has 1 aliphatic heterocycles. The first-order valence-electron chi connectivity index (χ1n) is 8.23. The predicted molar refractivity (Wildman–Crippen MR) is 90.8 cm³/mol. The van der Waals surface area contributed by atoms with E-state index in [-0.39, 0.29) is 0 Å². The van der Waals surface area contributed by atoms with Gasteiger partial charge in [0.1, 0.15) is 0 Å². The Morgan fingerprint density at radius 3 is 2.33 bits per heavy atom. The maximum absolute atomic E-state index is 6.09. The van der Waals surface area contributed by atoms with E-state index in [2.05, 4.69) is 49.8 Å². The topological polar surface area (TPSA) is 32.5 Å². The molecule has 3 heteroatoms. The van der Waals surface area contributed by atoms with Crippen LogP contribution in [0.4, 0.5) is 0 Å². The van der Waals surface area contributed by atoms with Gasteiger partial charge in [-0.1, -0.05) is 12.1 Å². The third-order valence-electron chi connectivity index (χ3n) is 4.96. The largest absolute Gasteiger partial charge is 0.329 e. The van der Waals surface area contributed by atoms with E-state index in [1.54, 1.807) is 0 Å². The van der Waals surface area contributed by atoms with Gasteiger partial charge in [0.15, 0.2) is 0 Å². The van der Waals surface area contributed by atoms with Crippen molar-refractivity contribution in [1.29, 1.82) is 0 Å². The monoisotopic (exact) mass is 289 g/mol. The van der Waals surface area contributed by atoms with Crippen LogP contribution in [0.2, 0.25) is 0 Å². The average molecular weight is 289 g/mol. The highest BCUT2D eigenvalue weighted by Gasteiger charge is 2.19. The van der Waals surface area contributed by atoms with Gasteiger partial charge in [-0.15, -0.1) is 0 Å². The van der Waals surface area contributed by atoms with Gasteiger partial charge in [0.05, 0.1) is 0 Å². The first kappa shape index (κ1) is 16.5. The van der Waals surface area contributed by atoms with E-state index in [1.165, 1.54) is 48.2 Å². The molecule has 0 aromatic heterocycles. The first-order chi connectivity index (χ1) is 10.0. The summed E-state index contributed by atoms with van der Waals surface area (Å²) in [6.07, 6.45) is 2.72. The van der Waals surface area contributed by atoms with Crippen molar-refractivity contribution in [3.8, 4) is 0 Å². The number of hydrogen-bond acceptors (Lipinski definition) is 3. The fourth-order valence-corrected chi connectivity index (χ4v) is 3.35. The van der Waals surface area contributed by atoms with Gasteiger partial charge in [0, 0.05) is 25.7 Å². The van der Waals surface area contributed by atoms with Gasteiger partial charge in [0.25, 0.3) is 0 Å². The van der Waals surface area contributed by atoms with E-state index in [0.29, 0.717) is 12.6 Å². The van der Waals surface area contributed by atoms with Crippen molar-refractivity contribution in [2.24, 2.45) is 5.73 Å². The molecule has 0 bridgehead atoms. The summed E-state index contributed by atoms with van der Waals surface area (Å²) in [7, 11) is 2.21. The van der Waals surface area contributed by atoms with E-state index < -0.39 is 0 Å². The van der Waals surface area contributed by atoms with Crippen molar-refractivity contribution in [3.63, 3.8) is 0 Å². The molecule has 2 N–H and O–H groups in total. The molecule has 21 heavy (non-hydrogen) atoms. The number of likely N-dealkylation sites (tertiary alicyclic amines) is 1. The minimum absolute atomic E-state index is 0.326. The van der Waals surface area contributed by atoms with E-state index in [1.807, 2.05) is 0 Å². The third-order valence-corrected chi connectivity index (χ3v) is 4.96. The second-order valence-corrected chi connectivity index (χ2v) is 6.57. The number of benzene rings is 1. The van der Waals surface area contributed by atoms with Crippen molar-refractivity contribution in [2.75, 3.05) is 39.8 Å². The van der Waals surface area contributed by atoms with Crippen LogP contribution in [0.5, 0.6) is 0 Å². The Morgan fingerprint density at radius 1 is 1.10 bits per heavy atom. The number of nitrogens with zero attached hydrogens (tertiary/aromatic N) is 2. The summed E-state index contributed by atoms with van der Waals surface area (Å²) in [4.78, 5) is 4.99. The fourth-order valence-electron chi connectivity index (χ4n) is 3.35. The van der Waals surface area contributed by atoms with Crippen molar-refractivity contribution in [2.45, 2.75) is 39.7 Å². The minimum Gasteiger partial charge on any atom is -0.329 e. The van der Waals surface area contributed by atoms with Crippen LogP contribution in [0.3, 0.4) is 0 Å². The highest BCUT2D eigenvalue weighted by atomic mass is 15.2. The molecule has 0 spiro atoms. The van der Waals surface area contributed by atoms with Crippen molar-refractivity contribution >= 4 is 0 Å². The summed E-state index contributed by atoms with van der Waals surface area (Å²) >= 11 is 0. The van der Waals surface area contributed by atoms with Crippen molar-refractivity contribution in [1.82, 2.24) is 9.80 Å². The lowest BCUT2D eigenvalue weighted by Gasteiger charge is -2.30. The Balaban J connectivity index is 2.05. The second kappa shape index (κ2) is 7.39. The second-order valence-electron chi connectivity index (χ2n) is 6.57. The molecule has 0 aliphatic carbocycles. The zero-order valence-electron chi connectivity index (χ0n) is 14.2. The van der Waals surface area contributed by atoms with Gasteiger partial charge in [0.2, 0.25) is 0 Å². The molecule has 0 radical (unpaired) electrons.